The lowest BCUT2D eigenvalue weighted by Crippen LogP contribution is -2.43. The third-order valence-electron chi connectivity index (χ3n) is 6.32. The number of Topliss-reactive ketones (excluding diaryl/α,β-unsaturated/α-hetero) is 1. The normalized spacial score (nSPS) is 16.0. The van der Waals surface area contributed by atoms with Gasteiger partial charge < -0.3 is 21.7 Å². The molecule has 0 bridgehead atoms. The van der Waals surface area contributed by atoms with E-state index in [2.05, 4.69) is 15.3 Å². The Morgan fingerprint density at radius 3 is 2.48 bits per heavy atom. The van der Waals surface area contributed by atoms with Crippen molar-refractivity contribution in [2.75, 3.05) is 31.2 Å². The number of pyridine rings is 1. The number of aromatic nitrogens is 1. The molecule has 0 spiro atoms. The van der Waals surface area contributed by atoms with Gasteiger partial charge in [-0.15, -0.1) is 0 Å². The van der Waals surface area contributed by atoms with E-state index >= 15 is 0 Å². The van der Waals surface area contributed by atoms with E-state index in [-0.39, 0.29) is 17.9 Å². The molecular formula is C29H27F3N6O2. The number of nitrogen functional groups attached to an aromatic ring is 1. The minimum atomic E-state index is -2.68. The number of alkyl halides is 2. The molecule has 5 N–H and O–H groups in total. The van der Waals surface area contributed by atoms with E-state index in [1.165, 1.54) is 29.4 Å². The standard InChI is InChI=1S/C29H27F3N6O2/c1-35-12-20(11-33)19-10-23(28(34)36-13-19)17-4-8-22(9-5-17)37-29(40)25-15-38(16-26(31)32)14-24(27(25)39)18-2-6-21(30)7-3-18/h2-14,25-26H,15-16,33H2,1H3,(H2,34,36)(H,37,40). The number of benzene rings is 2. The molecule has 0 fully saturated rings. The average Bonchev–Trinajstić information content (AvgIpc) is 2.93. The summed E-state index contributed by atoms with van der Waals surface area (Å²) < 4.78 is 39.8. The minimum absolute atomic E-state index is 0.0595. The summed E-state index contributed by atoms with van der Waals surface area (Å²) in [6.45, 7) is -0.874. The van der Waals surface area contributed by atoms with Gasteiger partial charge in [0.2, 0.25) is 5.91 Å². The Balaban J connectivity index is 1.55. The molecule has 1 amide bonds. The van der Waals surface area contributed by atoms with Gasteiger partial charge in [0.05, 0.1) is 6.54 Å². The summed E-state index contributed by atoms with van der Waals surface area (Å²) >= 11 is 0. The minimum Gasteiger partial charge on any atom is -0.404 e. The van der Waals surface area contributed by atoms with Crippen molar-refractivity contribution in [1.82, 2.24) is 9.88 Å². The molecule has 1 unspecified atom stereocenters. The van der Waals surface area contributed by atoms with Crippen molar-refractivity contribution in [2.24, 2.45) is 16.6 Å². The van der Waals surface area contributed by atoms with Crippen LogP contribution in [-0.2, 0) is 9.59 Å². The lowest BCUT2D eigenvalue weighted by atomic mass is 9.89. The van der Waals surface area contributed by atoms with Crippen LogP contribution in [0.4, 0.5) is 24.7 Å². The van der Waals surface area contributed by atoms with Gasteiger partial charge >= 0.3 is 0 Å². The van der Waals surface area contributed by atoms with Gasteiger partial charge in [-0.05, 0) is 41.5 Å². The summed E-state index contributed by atoms with van der Waals surface area (Å²) in [5, 5.41) is 2.69. The van der Waals surface area contributed by atoms with Gasteiger partial charge in [0.1, 0.15) is 17.6 Å². The summed E-state index contributed by atoms with van der Waals surface area (Å²) in [6.07, 6.45) is 3.21. The Kier molecular flexibility index (Phi) is 8.63. The molecule has 206 valence electrons. The Morgan fingerprint density at radius 1 is 1.18 bits per heavy atom. The smallest absolute Gasteiger partial charge is 0.255 e. The Labute approximate surface area is 228 Å². The van der Waals surface area contributed by atoms with Crippen molar-refractivity contribution in [1.29, 1.82) is 0 Å². The molecule has 2 heterocycles. The van der Waals surface area contributed by atoms with E-state index in [9.17, 15) is 22.8 Å². The molecule has 2 aromatic carbocycles. The van der Waals surface area contributed by atoms with Crippen LogP contribution in [0, 0.1) is 11.7 Å². The summed E-state index contributed by atoms with van der Waals surface area (Å²) in [5.41, 5.74) is 15.3. The zero-order valence-electron chi connectivity index (χ0n) is 21.5. The quantitative estimate of drug-likeness (QED) is 0.286. The van der Waals surface area contributed by atoms with Crippen LogP contribution in [0.5, 0.6) is 0 Å². The van der Waals surface area contributed by atoms with E-state index in [0.29, 0.717) is 33.5 Å². The number of anilines is 2. The zero-order chi connectivity index (χ0) is 28.8. The van der Waals surface area contributed by atoms with Crippen LogP contribution in [0.25, 0.3) is 22.3 Å². The van der Waals surface area contributed by atoms with Gasteiger partial charge in [-0.3, -0.25) is 14.6 Å². The summed E-state index contributed by atoms with van der Waals surface area (Å²) in [6, 6.07) is 13.6. The maximum Gasteiger partial charge on any atom is 0.255 e. The van der Waals surface area contributed by atoms with Crippen molar-refractivity contribution >= 4 is 40.6 Å². The predicted molar refractivity (Wildman–Crippen MR) is 150 cm³/mol. The molecule has 1 aliphatic rings. The first-order valence-electron chi connectivity index (χ1n) is 12.3. The van der Waals surface area contributed by atoms with Crippen LogP contribution in [0.2, 0.25) is 0 Å². The maximum atomic E-state index is 13.4. The molecular weight excluding hydrogens is 521 g/mol. The Hall–Kier alpha value is -4.93. The third-order valence-corrected chi connectivity index (χ3v) is 6.32. The fourth-order valence-corrected chi connectivity index (χ4v) is 4.34. The molecule has 1 aromatic heterocycles. The predicted octanol–water partition coefficient (Wildman–Crippen LogP) is 4.22. The first-order valence-corrected chi connectivity index (χ1v) is 12.3. The number of nitrogens with one attached hydrogen (secondary N) is 1. The van der Waals surface area contributed by atoms with Gasteiger partial charge in [-0.2, -0.15) is 0 Å². The summed E-state index contributed by atoms with van der Waals surface area (Å²) in [7, 11) is 1.62. The number of hydrogen-bond acceptors (Lipinski definition) is 7. The second-order valence-corrected chi connectivity index (χ2v) is 9.04. The lowest BCUT2D eigenvalue weighted by Gasteiger charge is -2.31. The number of carbonyl (C=O) groups is 2. The van der Waals surface area contributed by atoms with Crippen LogP contribution < -0.4 is 16.8 Å². The number of aliphatic imine (C=N–C) groups is 1. The monoisotopic (exact) mass is 548 g/mol. The summed E-state index contributed by atoms with van der Waals surface area (Å²) in [4.78, 5) is 35.8. The Bertz CT molecular complexity index is 1480. The number of nitrogens with zero attached hydrogens (tertiary/aromatic N) is 3. The van der Waals surface area contributed by atoms with Crippen molar-refractivity contribution in [2.45, 2.75) is 6.43 Å². The Morgan fingerprint density at radius 2 is 1.85 bits per heavy atom. The van der Waals surface area contributed by atoms with Gasteiger partial charge in [0, 0.05) is 66.4 Å². The number of rotatable bonds is 8. The van der Waals surface area contributed by atoms with Gasteiger partial charge in [-0.25, -0.2) is 18.2 Å². The maximum absolute atomic E-state index is 13.4. The van der Waals surface area contributed by atoms with Crippen LogP contribution in [0.3, 0.4) is 0 Å². The number of amides is 1. The fraction of sp³-hybridized carbons (Fsp3) is 0.172. The van der Waals surface area contributed by atoms with E-state index in [4.69, 9.17) is 11.5 Å². The molecule has 11 heteroatoms. The molecule has 0 aliphatic carbocycles. The molecule has 0 saturated heterocycles. The van der Waals surface area contributed by atoms with Crippen molar-refractivity contribution in [3.8, 4) is 11.1 Å². The third kappa shape index (κ3) is 6.37. The topological polar surface area (TPSA) is 127 Å². The largest absolute Gasteiger partial charge is 0.404 e. The second-order valence-electron chi connectivity index (χ2n) is 9.04. The van der Waals surface area contributed by atoms with E-state index in [0.717, 1.165) is 12.1 Å². The number of allylic oxidation sites excluding steroid dienone is 2. The van der Waals surface area contributed by atoms with E-state index in [1.807, 2.05) is 6.07 Å². The molecule has 40 heavy (non-hydrogen) atoms. The highest BCUT2D eigenvalue weighted by molar-refractivity contribution is 6.29. The SMILES string of the molecule is CN=CC(=CN)c1cnc(N)c(-c2ccc(NC(=O)C3CN(CC(F)F)C=C(c4ccc(F)cc4)C3=O)cc2)c1. The van der Waals surface area contributed by atoms with Gasteiger partial charge in [0.25, 0.3) is 6.43 Å². The lowest BCUT2D eigenvalue weighted by molar-refractivity contribution is -0.129. The number of halogens is 3. The van der Waals surface area contributed by atoms with Crippen LogP contribution in [-0.4, -0.2) is 54.4 Å². The molecule has 1 atom stereocenters. The zero-order valence-corrected chi connectivity index (χ0v) is 21.5. The average molecular weight is 549 g/mol. The number of carbonyl (C=O) groups excluding carboxylic acids is 2. The molecule has 1 aliphatic heterocycles. The van der Waals surface area contributed by atoms with Crippen LogP contribution >= 0.6 is 0 Å². The second kappa shape index (κ2) is 12.3. The fourth-order valence-electron chi connectivity index (χ4n) is 4.34. The first kappa shape index (κ1) is 28.1. The molecule has 0 saturated carbocycles. The number of ketones is 1. The van der Waals surface area contributed by atoms with Crippen LogP contribution in [0.1, 0.15) is 11.1 Å². The highest BCUT2D eigenvalue weighted by Crippen LogP contribution is 2.30. The van der Waals surface area contributed by atoms with Gasteiger partial charge in [-0.1, -0.05) is 24.3 Å². The highest BCUT2D eigenvalue weighted by atomic mass is 19.3. The van der Waals surface area contributed by atoms with E-state index in [1.54, 1.807) is 43.7 Å². The number of hydrogen-bond donors (Lipinski definition) is 3. The van der Waals surface area contributed by atoms with E-state index < -0.39 is 36.4 Å². The molecule has 3 aromatic rings. The van der Waals surface area contributed by atoms with Crippen LogP contribution in [0.15, 0.2) is 78.2 Å². The number of nitrogens with two attached hydrogens (primary N) is 2. The molecule has 8 nitrogen and oxygen atoms in total. The highest BCUT2D eigenvalue weighted by Gasteiger charge is 2.35. The molecule has 0 radical (unpaired) electrons. The van der Waals surface area contributed by atoms with Crippen molar-refractivity contribution < 1.29 is 22.8 Å². The van der Waals surface area contributed by atoms with Crippen molar-refractivity contribution in [3.63, 3.8) is 0 Å². The van der Waals surface area contributed by atoms with Gasteiger partial charge in [0.15, 0.2) is 5.78 Å². The summed E-state index contributed by atoms with van der Waals surface area (Å²) in [5.74, 6) is -2.66. The van der Waals surface area contributed by atoms with Crippen molar-refractivity contribution in [3.05, 3.63) is 90.1 Å². The molecule has 4 rings (SSSR count). The first-order chi connectivity index (χ1) is 19.2.